The highest BCUT2D eigenvalue weighted by Gasteiger charge is 2.23. The van der Waals surface area contributed by atoms with E-state index in [1.165, 1.54) is 0 Å². The van der Waals surface area contributed by atoms with Crippen LogP contribution in [0.15, 0.2) is 36.4 Å². The minimum absolute atomic E-state index is 0.0440. The van der Waals surface area contributed by atoms with Crippen LogP contribution in [-0.4, -0.2) is 61.3 Å². The number of para-hydroxylation sites is 1. The average Bonchev–Trinajstić information content (AvgIpc) is 2.75. The fourth-order valence-corrected chi connectivity index (χ4v) is 4.45. The van der Waals surface area contributed by atoms with Crippen molar-refractivity contribution in [1.29, 1.82) is 0 Å². The molecule has 1 unspecified atom stereocenters. The molecule has 0 aliphatic carbocycles. The Morgan fingerprint density at radius 3 is 2.57 bits per heavy atom. The maximum Gasteiger partial charge on any atom is 0.224 e. The van der Waals surface area contributed by atoms with E-state index in [1.807, 2.05) is 24.3 Å². The smallest absolute Gasteiger partial charge is 0.224 e. The number of rotatable bonds is 6. The zero-order valence-electron chi connectivity index (χ0n) is 16.6. The van der Waals surface area contributed by atoms with Crippen molar-refractivity contribution in [2.24, 2.45) is 0 Å². The number of hydrogen-bond acceptors (Lipinski definition) is 5. The van der Waals surface area contributed by atoms with Crippen LogP contribution < -0.4 is 15.0 Å². The lowest BCUT2D eigenvalue weighted by atomic mass is 10.0. The highest BCUT2D eigenvalue weighted by Crippen LogP contribution is 2.37. The largest absolute Gasteiger partial charge is 0.490 e. The SMILES string of the molecule is O=C1CCc2c(OCC(O)CN3CCN(c4ccccc4Cl)CC3)ccc(Cl)c2N1. The van der Waals surface area contributed by atoms with Crippen LogP contribution in [0.1, 0.15) is 12.0 Å². The van der Waals surface area contributed by atoms with E-state index in [2.05, 4.69) is 15.1 Å². The van der Waals surface area contributed by atoms with Crippen molar-refractivity contribution < 1.29 is 14.6 Å². The number of amides is 1. The Labute approximate surface area is 186 Å². The molecule has 1 fully saturated rings. The van der Waals surface area contributed by atoms with Crippen molar-refractivity contribution in [3.05, 3.63) is 52.0 Å². The van der Waals surface area contributed by atoms with Crippen molar-refractivity contribution >= 4 is 40.5 Å². The molecule has 2 aromatic rings. The third-order valence-electron chi connectivity index (χ3n) is 5.55. The van der Waals surface area contributed by atoms with Crippen molar-refractivity contribution in [2.45, 2.75) is 18.9 Å². The van der Waals surface area contributed by atoms with Gasteiger partial charge in [-0.05, 0) is 30.7 Å². The second-order valence-electron chi connectivity index (χ2n) is 7.65. The highest BCUT2D eigenvalue weighted by atomic mass is 35.5. The predicted octanol–water partition coefficient (Wildman–Crippen LogP) is 3.44. The van der Waals surface area contributed by atoms with Gasteiger partial charge in [-0.1, -0.05) is 35.3 Å². The van der Waals surface area contributed by atoms with Gasteiger partial charge in [0, 0.05) is 44.7 Å². The van der Waals surface area contributed by atoms with Crippen molar-refractivity contribution in [2.75, 3.05) is 49.5 Å². The summed E-state index contributed by atoms with van der Waals surface area (Å²) in [6.07, 6.45) is 0.375. The van der Waals surface area contributed by atoms with E-state index in [-0.39, 0.29) is 12.5 Å². The van der Waals surface area contributed by atoms with Gasteiger partial charge in [0.2, 0.25) is 5.91 Å². The third-order valence-corrected chi connectivity index (χ3v) is 6.19. The number of anilines is 2. The lowest BCUT2D eigenvalue weighted by Gasteiger charge is -2.37. The van der Waals surface area contributed by atoms with Gasteiger partial charge in [-0.3, -0.25) is 9.69 Å². The molecular weight excluding hydrogens is 425 g/mol. The van der Waals surface area contributed by atoms with Gasteiger partial charge in [0.1, 0.15) is 18.5 Å². The molecule has 0 bridgehead atoms. The first-order valence-electron chi connectivity index (χ1n) is 10.1. The molecule has 0 spiro atoms. The minimum atomic E-state index is -0.610. The summed E-state index contributed by atoms with van der Waals surface area (Å²) in [5.74, 6) is 0.620. The lowest BCUT2D eigenvalue weighted by Crippen LogP contribution is -2.49. The molecule has 2 aromatic carbocycles. The zero-order valence-corrected chi connectivity index (χ0v) is 18.1. The molecule has 0 radical (unpaired) electrons. The number of benzene rings is 2. The minimum Gasteiger partial charge on any atom is -0.490 e. The van der Waals surface area contributed by atoms with Crippen LogP contribution in [0.5, 0.6) is 5.75 Å². The summed E-state index contributed by atoms with van der Waals surface area (Å²) in [5.41, 5.74) is 2.57. The Morgan fingerprint density at radius 1 is 1.03 bits per heavy atom. The number of piperazine rings is 1. The fourth-order valence-electron chi connectivity index (χ4n) is 3.98. The van der Waals surface area contributed by atoms with Crippen molar-refractivity contribution in [3.8, 4) is 5.75 Å². The van der Waals surface area contributed by atoms with E-state index in [0.29, 0.717) is 35.8 Å². The normalized spacial score (nSPS) is 18.0. The first kappa shape index (κ1) is 21.2. The highest BCUT2D eigenvalue weighted by molar-refractivity contribution is 6.34. The summed E-state index contributed by atoms with van der Waals surface area (Å²) in [5, 5.41) is 14.6. The van der Waals surface area contributed by atoms with E-state index in [1.54, 1.807) is 12.1 Å². The van der Waals surface area contributed by atoms with Gasteiger partial charge in [0.15, 0.2) is 0 Å². The number of aliphatic hydroxyl groups excluding tert-OH is 1. The standard InChI is InChI=1S/C22H25Cl2N3O3/c23-17-3-1-2-4-19(17)27-11-9-26(10-12-27)13-15(28)14-30-20-7-6-18(24)22-16(20)5-8-21(29)25-22/h1-4,6-7,15,28H,5,8-14H2,(H,25,29). The van der Waals surface area contributed by atoms with Crippen LogP contribution in [0.2, 0.25) is 10.0 Å². The first-order valence-corrected chi connectivity index (χ1v) is 10.9. The van der Waals surface area contributed by atoms with Crippen molar-refractivity contribution in [3.63, 3.8) is 0 Å². The number of halogens is 2. The quantitative estimate of drug-likeness (QED) is 0.706. The third kappa shape index (κ3) is 4.83. The van der Waals surface area contributed by atoms with E-state index in [0.717, 1.165) is 42.5 Å². The summed E-state index contributed by atoms with van der Waals surface area (Å²) in [6.45, 7) is 4.16. The average molecular weight is 450 g/mol. The van der Waals surface area contributed by atoms with E-state index in [9.17, 15) is 9.90 Å². The summed E-state index contributed by atoms with van der Waals surface area (Å²) < 4.78 is 5.89. The number of nitrogens with zero attached hydrogens (tertiary/aromatic N) is 2. The molecule has 4 rings (SSSR count). The molecule has 2 N–H and O–H groups in total. The number of aliphatic hydroxyl groups is 1. The maximum atomic E-state index is 11.6. The molecular formula is C22H25Cl2N3O3. The summed E-state index contributed by atoms with van der Waals surface area (Å²) >= 11 is 12.5. The summed E-state index contributed by atoms with van der Waals surface area (Å²) in [6, 6.07) is 11.4. The molecule has 0 saturated carbocycles. The van der Waals surface area contributed by atoms with Crippen LogP contribution in [0.25, 0.3) is 0 Å². The van der Waals surface area contributed by atoms with Crippen LogP contribution in [0.3, 0.4) is 0 Å². The van der Waals surface area contributed by atoms with Crippen LogP contribution in [0, 0.1) is 0 Å². The number of hydrogen-bond donors (Lipinski definition) is 2. The van der Waals surface area contributed by atoms with Crippen LogP contribution >= 0.6 is 23.2 Å². The molecule has 2 heterocycles. The fraction of sp³-hybridized carbons (Fsp3) is 0.409. The maximum absolute atomic E-state index is 11.6. The number of nitrogens with one attached hydrogen (secondary N) is 1. The zero-order chi connectivity index (χ0) is 21.1. The molecule has 1 saturated heterocycles. The van der Waals surface area contributed by atoms with Crippen molar-refractivity contribution in [1.82, 2.24) is 4.90 Å². The molecule has 1 atom stereocenters. The number of ether oxygens (including phenoxy) is 1. The molecule has 30 heavy (non-hydrogen) atoms. The molecule has 160 valence electrons. The van der Waals surface area contributed by atoms with Crippen LogP contribution in [0.4, 0.5) is 11.4 Å². The van der Waals surface area contributed by atoms with Gasteiger partial charge in [-0.15, -0.1) is 0 Å². The van der Waals surface area contributed by atoms with Gasteiger partial charge in [0.05, 0.1) is 21.4 Å². The number of carbonyl (C=O) groups excluding carboxylic acids is 1. The molecule has 2 aliphatic rings. The summed E-state index contributed by atoms with van der Waals surface area (Å²) in [4.78, 5) is 16.2. The number of carbonyl (C=O) groups is 1. The molecule has 8 heteroatoms. The Kier molecular flexibility index (Phi) is 6.68. The van der Waals surface area contributed by atoms with Gasteiger partial charge in [-0.25, -0.2) is 0 Å². The molecule has 0 aromatic heterocycles. The van der Waals surface area contributed by atoms with E-state index < -0.39 is 6.10 Å². The monoisotopic (exact) mass is 449 g/mol. The number of β-amino-alcohol motifs (C(OH)–C–C–N with tert-alkyl or cyclic N) is 1. The molecule has 2 aliphatic heterocycles. The van der Waals surface area contributed by atoms with E-state index in [4.69, 9.17) is 27.9 Å². The second-order valence-corrected chi connectivity index (χ2v) is 8.47. The lowest BCUT2D eigenvalue weighted by molar-refractivity contribution is -0.116. The van der Waals surface area contributed by atoms with Gasteiger partial charge >= 0.3 is 0 Å². The first-order chi connectivity index (χ1) is 14.5. The topological polar surface area (TPSA) is 65.0 Å². The molecule has 6 nitrogen and oxygen atoms in total. The second kappa shape index (κ2) is 9.43. The van der Waals surface area contributed by atoms with E-state index >= 15 is 0 Å². The van der Waals surface area contributed by atoms with Crippen LogP contribution in [-0.2, 0) is 11.2 Å². The molecule has 1 amide bonds. The van der Waals surface area contributed by atoms with Gasteiger partial charge in [0.25, 0.3) is 0 Å². The number of fused-ring (bicyclic) bond motifs is 1. The van der Waals surface area contributed by atoms with Gasteiger partial charge in [-0.2, -0.15) is 0 Å². The summed E-state index contributed by atoms with van der Waals surface area (Å²) in [7, 11) is 0. The Bertz CT molecular complexity index is 916. The van der Waals surface area contributed by atoms with Gasteiger partial charge < -0.3 is 20.1 Å². The Balaban J connectivity index is 1.28. The predicted molar refractivity (Wildman–Crippen MR) is 120 cm³/mol. The Hall–Kier alpha value is -1.99. The Morgan fingerprint density at radius 2 is 1.80 bits per heavy atom.